The first-order valence-electron chi connectivity index (χ1n) is 7.47. The number of aromatic nitrogens is 1. The maximum atomic E-state index is 12.5. The van der Waals surface area contributed by atoms with E-state index in [0.29, 0.717) is 31.1 Å². The smallest absolute Gasteiger partial charge is 0.260 e. The second-order valence-corrected chi connectivity index (χ2v) is 5.86. The molecule has 3 rings (SSSR count). The molecule has 1 saturated heterocycles. The Hall–Kier alpha value is -2.11. The van der Waals surface area contributed by atoms with Crippen molar-refractivity contribution in [2.75, 3.05) is 19.7 Å². The van der Waals surface area contributed by atoms with E-state index in [-0.39, 0.29) is 23.1 Å². The Morgan fingerprint density at radius 3 is 2.91 bits per heavy atom. The third kappa shape index (κ3) is 3.63. The number of morpholine rings is 1. The van der Waals surface area contributed by atoms with Gasteiger partial charge in [-0.25, -0.2) is 0 Å². The lowest BCUT2D eigenvalue weighted by Gasteiger charge is -2.33. The maximum absolute atomic E-state index is 12.5. The van der Waals surface area contributed by atoms with Crippen LogP contribution < -0.4 is 5.56 Å². The predicted molar refractivity (Wildman–Crippen MR) is 87.9 cm³/mol. The molecule has 1 N–H and O–H groups in total. The van der Waals surface area contributed by atoms with Gasteiger partial charge in [0.2, 0.25) is 0 Å². The van der Waals surface area contributed by atoms with Crippen LogP contribution in [0.4, 0.5) is 0 Å². The molecule has 1 amide bonds. The Labute approximate surface area is 138 Å². The molecule has 6 heteroatoms. The molecule has 0 aliphatic carbocycles. The zero-order chi connectivity index (χ0) is 16.2. The first kappa shape index (κ1) is 15.8. The molecule has 1 aromatic carbocycles. The van der Waals surface area contributed by atoms with Crippen LogP contribution in [0.25, 0.3) is 0 Å². The average Bonchev–Trinajstić information content (AvgIpc) is 2.57. The van der Waals surface area contributed by atoms with Crippen LogP contribution in [0.5, 0.6) is 0 Å². The highest BCUT2D eigenvalue weighted by molar-refractivity contribution is 6.31. The number of nitrogens with one attached hydrogen (secondary N) is 1. The summed E-state index contributed by atoms with van der Waals surface area (Å²) in [6, 6.07) is 10.8. The fraction of sp³-hybridized carbons (Fsp3) is 0.294. The molecule has 120 valence electrons. The Morgan fingerprint density at radius 1 is 1.30 bits per heavy atom. The van der Waals surface area contributed by atoms with Crippen molar-refractivity contribution in [2.24, 2.45) is 0 Å². The minimum atomic E-state index is -0.369. The molecule has 0 spiro atoms. The van der Waals surface area contributed by atoms with E-state index in [1.165, 1.54) is 6.20 Å². The second-order valence-electron chi connectivity index (χ2n) is 5.45. The van der Waals surface area contributed by atoms with Crippen LogP contribution in [0.2, 0.25) is 5.02 Å². The molecule has 2 aromatic rings. The van der Waals surface area contributed by atoms with E-state index in [1.54, 1.807) is 17.0 Å². The van der Waals surface area contributed by atoms with Crippen LogP contribution >= 0.6 is 11.6 Å². The van der Waals surface area contributed by atoms with Gasteiger partial charge in [0.25, 0.3) is 11.5 Å². The predicted octanol–water partition coefficient (Wildman–Crippen LogP) is 2.11. The fourth-order valence-corrected chi connectivity index (χ4v) is 2.91. The van der Waals surface area contributed by atoms with Crippen molar-refractivity contribution < 1.29 is 9.53 Å². The minimum Gasteiger partial charge on any atom is -0.374 e. The second kappa shape index (κ2) is 6.98. The van der Waals surface area contributed by atoms with Crippen molar-refractivity contribution in [3.63, 3.8) is 0 Å². The number of aromatic amines is 1. The number of hydrogen-bond acceptors (Lipinski definition) is 3. The van der Waals surface area contributed by atoms with Gasteiger partial charge < -0.3 is 14.6 Å². The SMILES string of the molecule is O=C(c1ccc[nH]c1=O)N1CCO[C@H](Cc2ccccc2Cl)C1. The number of halogens is 1. The molecule has 1 aliphatic rings. The number of carbonyl (C=O) groups excluding carboxylic acids is 1. The van der Waals surface area contributed by atoms with Crippen molar-refractivity contribution in [2.45, 2.75) is 12.5 Å². The van der Waals surface area contributed by atoms with Gasteiger partial charge in [-0.05, 0) is 23.8 Å². The lowest BCUT2D eigenvalue weighted by molar-refractivity contribution is -0.0208. The van der Waals surface area contributed by atoms with Gasteiger partial charge in [0, 0.05) is 30.7 Å². The summed E-state index contributed by atoms with van der Waals surface area (Å²) in [5.41, 5.74) is 0.781. The molecule has 1 aliphatic heterocycles. The van der Waals surface area contributed by atoms with Crippen molar-refractivity contribution in [1.82, 2.24) is 9.88 Å². The van der Waals surface area contributed by atoms with Crippen LogP contribution in [-0.4, -0.2) is 41.6 Å². The number of benzene rings is 1. The van der Waals surface area contributed by atoms with E-state index in [9.17, 15) is 9.59 Å². The van der Waals surface area contributed by atoms with Gasteiger partial charge >= 0.3 is 0 Å². The van der Waals surface area contributed by atoms with E-state index < -0.39 is 0 Å². The van der Waals surface area contributed by atoms with E-state index >= 15 is 0 Å². The standard InChI is InChI=1S/C17H17ClN2O3/c18-15-6-2-1-4-12(15)10-13-11-20(8-9-23-13)17(22)14-5-3-7-19-16(14)21/h1-7,13H,8-11H2,(H,19,21)/t13-/m1/s1. The number of ether oxygens (including phenoxy) is 1. The van der Waals surface area contributed by atoms with E-state index in [4.69, 9.17) is 16.3 Å². The van der Waals surface area contributed by atoms with Crippen LogP contribution in [0.3, 0.4) is 0 Å². The van der Waals surface area contributed by atoms with Gasteiger partial charge in [0.15, 0.2) is 0 Å². The number of H-pyrrole nitrogens is 1. The van der Waals surface area contributed by atoms with Crippen LogP contribution in [-0.2, 0) is 11.2 Å². The summed E-state index contributed by atoms with van der Waals surface area (Å²) in [6.07, 6.45) is 2.02. The van der Waals surface area contributed by atoms with Gasteiger partial charge in [-0.15, -0.1) is 0 Å². The number of rotatable bonds is 3. The highest BCUT2D eigenvalue weighted by Crippen LogP contribution is 2.19. The summed E-state index contributed by atoms with van der Waals surface area (Å²) in [7, 11) is 0. The lowest BCUT2D eigenvalue weighted by Crippen LogP contribution is -2.47. The molecule has 1 fully saturated rings. The van der Waals surface area contributed by atoms with Crippen molar-refractivity contribution >= 4 is 17.5 Å². The van der Waals surface area contributed by atoms with Crippen LogP contribution in [0.1, 0.15) is 15.9 Å². The lowest BCUT2D eigenvalue weighted by atomic mass is 10.1. The molecule has 1 aromatic heterocycles. The zero-order valence-electron chi connectivity index (χ0n) is 12.5. The van der Waals surface area contributed by atoms with Crippen LogP contribution in [0.15, 0.2) is 47.4 Å². The molecule has 2 heterocycles. The Kier molecular flexibility index (Phi) is 4.79. The monoisotopic (exact) mass is 332 g/mol. The van der Waals surface area contributed by atoms with E-state index in [0.717, 1.165) is 5.56 Å². The first-order valence-corrected chi connectivity index (χ1v) is 7.85. The molecule has 23 heavy (non-hydrogen) atoms. The molecule has 0 radical (unpaired) electrons. The highest BCUT2D eigenvalue weighted by atomic mass is 35.5. The van der Waals surface area contributed by atoms with Crippen molar-refractivity contribution in [1.29, 1.82) is 0 Å². The molecule has 0 bridgehead atoms. The average molecular weight is 333 g/mol. The summed E-state index contributed by atoms with van der Waals surface area (Å²) in [5.74, 6) is -0.265. The van der Waals surface area contributed by atoms with Crippen molar-refractivity contribution in [3.05, 3.63) is 69.1 Å². The summed E-state index contributed by atoms with van der Waals surface area (Å²) in [5, 5.41) is 0.694. The topological polar surface area (TPSA) is 62.4 Å². The number of pyridine rings is 1. The number of carbonyl (C=O) groups is 1. The number of hydrogen-bond donors (Lipinski definition) is 1. The van der Waals surface area contributed by atoms with Gasteiger partial charge in [-0.2, -0.15) is 0 Å². The molecule has 0 saturated carbocycles. The van der Waals surface area contributed by atoms with E-state index in [1.807, 2.05) is 24.3 Å². The third-order valence-electron chi connectivity index (χ3n) is 3.88. The fourth-order valence-electron chi connectivity index (χ4n) is 2.70. The molecular weight excluding hydrogens is 316 g/mol. The Bertz CT molecular complexity index is 759. The van der Waals surface area contributed by atoms with Gasteiger partial charge in [-0.1, -0.05) is 29.8 Å². The quantitative estimate of drug-likeness (QED) is 0.936. The van der Waals surface area contributed by atoms with Crippen LogP contribution in [0, 0.1) is 0 Å². The van der Waals surface area contributed by atoms with Gasteiger partial charge in [0.1, 0.15) is 5.56 Å². The largest absolute Gasteiger partial charge is 0.374 e. The summed E-state index contributed by atoms with van der Waals surface area (Å²) in [6.45, 7) is 1.37. The normalized spacial score (nSPS) is 18.0. The van der Waals surface area contributed by atoms with Gasteiger partial charge in [-0.3, -0.25) is 9.59 Å². The zero-order valence-corrected chi connectivity index (χ0v) is 13.3. The molecule has 5 nitrogen and oxygen atoms in total. The Morgan fingerprint density at radius 2 is 2.13 bits per heavy atom. The highest BCUT2D eigenvalue weighted by Gasteiger charge is 2.26. The summed E-state index contributed by atoms with van der Waals surface area (Å²) in [4.78, 5) is 28.5. The van der Waals surface area contributed by atoms with Crippen molar-refractivity contribution in [3.8, 4) is 0 Å². The third-order valence-corrected chi connectivity index (χ3v) is 4.25. The van der Waals surface area contributed by atoms with E-state index in [2.05, 4.69) is 4.98 Å². The summed E-state index contributed by atoms with van der Waals surface area (Å²) < 4.78 is 5.74. The Balaban J connectivity index is 1.71. The first-order chi connectivity index (χ1) is 11.1. The molecule has 1 atom stereocenters. The summed E-state index contributed by atoms with van der Waals surface area (Å²) >= 11 is 6.18. The molecular formula is C17H17ClN2O3. The number of amides is 1. The minimum absolute atomic E-state index is 0.129. The molecule has 0 unspecified atom stereocenters. The number of nitrogens with zero attached hydrogens (tertiary/aromatic N) is 1. The van der Waals surface area contributed by atoms with Gasteiger partial charge in [0.05, 0.1) is 12.7 Å². The maximum Gasteiger partial charge on any atom is 0.260 e.